The molecule has 0 aliphatic heterocycles. The minimum absolute atomic E-state index is 0.0532. The Morgan fingerprint density at radius 2 is 1.24 bits per heavy atom. The Labute approximate surface area is 179 Å². The number of nitrogens with zero attached hydrogens (tertiary/aromatic N) is 1. The molecular formula is C26H31NOS. The number of aliphatic hydroxyl groups is 1. The molecule has 2 atom stereocenters. The molecule has 3 aromatic rings. The molecule has 0 aromatic heterocycles. The van der Waals surface area contributed by atoms with Crippen molar-refractivity contribution in [2.45, 2.75) is 36.2 Å². The third-order valence-electron chi connectivity index (χ3n) is 5.63. The average molecular weight is 406 g/mol. The molecule has 0 aliphatic carbocycles. The van der Waals surface area contributed by atoms with E-state index < -0.39 is 5.60 Å². The lowest BCUT2D eigenvalue weighted by Crippen LogP contribution is -2.42. The molecule has 0 radical (unpaired) electrons. The molecule has 2 nitrogen and oxygen atoms in total. The smallest absolute Gasteiger partial charge is 0.118 e. The molecule has 0 saturated heterocycles. The Balaban J connectivity index is 1.91. The molecule has 2 unspecified atom stereocenters. The van der Waals surface area contributed by atoms with Crippen molar-refractivity contribution in [2.24, 2.45) is 5.92 Å². The minimum atomic E-state index is -1.03. The van der Waals surface area contributed by atoms with E-state index in [2.05, 4.69) is 74.2 Å². The van der Waals surface area contributed by atoms with Gasteiger partial charge in [0.15, 0.2) is 0 Å². The van der Waals surface area contributed by atoms with E-state index in [9.17, 15) is 5.11 Å². The van der Waals surface area contributed by atoms with E-state index in [1.807, 2.05) is 36.4 Å². The van der Waals surface area contributed by atoms with Crippen molar-refractivity contribution >= 4 is 11.8 Å². The molecule has 3 heteroatoms. The highest BCUT2D eigenvalue weighted by molar-refractivity contribution is 7.99. The first-order chi connectivity index (χ1) is 14.1. The highest BCUT2D eigenvalue weighted by Crippen LogP contribution is 2.38. The lowest BCUT2D eigenvalue weighted by Gasteiger charge is -2.38. The van der Waals surface area contributed by atoms with Crippen LogP contribution < -0.4 is 0 Å². The second-order valence-electron chi connectivity index (χ2n) is 7.46. The molecule has 0 fully saturated rings. The van der Waals surface area contributed by atoms with Gasteiger partial charge in [0.25, 0.3) is 0 Å². The Hall–Kier alpha value is -2.07. The van der Waals surface area contributed by atoms with Gasteiger partial charge in [0.05, 0.1) is 0 Å². The fraction of sp³-hybridized carbons (Fsp3) is 0.308. The SMILES string of the molecule is CCN(CC)CC(C)C(O)(c1ccccc1)c1ccc(Sc2ccccc2)cc1. The third kappa shape index (κ3) is 5.11. The van der Waals surface area contributed by atoms with Crippen molar-refractivity contribution in [3.63, 3.8) is 0 Å². The van der Waals surface area contributed by atoms with Crippen LogP contribution in [-0.4, -0.2) is 29.6 Å². The van der Waals surface area contributed by atoms with Gasteiger partial charge in [-0.3, -0.25) is 0 Å². The summed E-state index contributed by atoms with van der Waals surface area (Å²) in [4.78, 5) is 4.76. The van der Waals surface area contributed by atoms with E-state index in [0.29, 0.717) is 0 Å². The van der Waals surface area contributed by atoms with Crippen molar-refractivity contribution in [1.29, 1.82) is 0 Å². The molecule has 0 saturated carbocycles. The van der Waals surface area contributed by atoms with Gasteiger partial charge in [-0.25, -0.2) is 0 Å². The van der Waals surface area contributed by atoms with Gasteiger partial charge in [-0.05, 0) is 48.5 Å². The summed E-state index contributed by atoms with van der Waals surface area (Å²) in [6, 6.07) is 28.8. The summed E-state index contributed by atoms with van der Waals surface area (Å²) in [6.07, 6.45) is 0. The van der Waals surface area contributed by atoms with Crippen LogP contribution in [0.15, 0.2) is 94.7 Å². The summed E-state index contributed by atoms with van der Waals surface area (Å²) in [5.74, 6) is 0.0532. The van der Waals surface area contributed by atoms with E-state index in [-0.39, 0.29) is 5.92 Å². The van der Waals surface area contributed by atoms with E-state index in [1.165, 1.54) is 9.79 Å². The summed E-state index contributed by atoms with van der Waals surface area (Å²) in [5.41, 5.74) is 0.865. The molecule has 0 spiro atoms. The lowest BCUT2D eigenvalue weighted by molar-refractivity contribution is 0.00867. The summed E-state index contributed by atoms with van der Waals surface area (Å²) in [6.45, 7) is 9.31. The zero-order valence-electron chi connectivity index (χ0n) is 17.6. The Morgan fingerprint density at radius 1 is 0.759 bits per heavy atom. The second kappa shape index (κ2) is 10.1. The van der Waals surface area contributed by atoms with Crippen LogP contribution in [0.3, 0.4) is 0 Å². The third-order valence-corrected chi connectivity index (χ3v) is 6.64. The minimum Gasteiger partial charge on any atom is -0.380 e. The predicted octanol–water partition coefficient (Wildman–Crippen LogP) is 6.05. The maximum Gasteiger partial charge on any atom is 0.118 e. The van der Waals surface area contributed by atoms with E-state index >= 15 is 0 Å². The van der Waals surface area contributed by atoms with E-state index in [0.717, 1.165) is 30.8 Å². The predicted molar refractivity (Wildman–Crippen MR) is 123 cm³/mol. The largest absolute Gasteiger partial charge is 0.380 e. The molecule has 0 amide bonds. The molecule has 29 heavy (non-hydrogen) atoms. The van der Waals surface area contributed by atoms with Crippen molar-refractivity contribution in [2.75, 3.05) is 19.6 Å². The summed E-state index contributed by atoms with van der Waals surface area (Å²) in [7, 11) is 0. The van der Waals surface area contributed by atoms with Gasteiger partial charge < -0.3 is 10.0 Å². The first-order valence-corrected chi connectivity index (χ1v) is 11.2. The van der Waals surface area contributed by atoms with Gasteiger partial charge in [0.2, 0.25) is 0 Å². The van der Waals surface area contributed by atoms with Crippen LogP contribution >= 0.6 is 11.8 Å². The quantitative estimate of drug-likeness (QED) is 0.469. The van der Waals surface area contributed by atoms with E-state index in [1.54, 1.807) is 11.8 Å². The number of benzene rings is 3. The Kier molecular flexibility index (Phi) is 7.54. The topological polar surface area (TPSA) is 23.5 Å². The summed E-state index contributed by atoms with van der Waals surface area (Å²) >= 11 is 1.74. The summed E-state index contributed by atoms with van der Waals surface area (Å²) in [5, 5.41) is 12.0. The zero-order chi connectivity index (χ0) is 20.7. The first-order valence-electron chi connectivity index (χ1n) is 10.4. The van der Waals surface area contributed by atoms with Gasteiger partial charge in [-0.15, -0.1) is 0 Å². The molecule has 3 aromatic carbocycles. The normalized spacial score (nSPS) is 14.5. The van der Waals surface area contributed by atoms with Crippen molar-refractivity contribution < 1.29 is 5.11 Å². The molecule has 3 rings (SSSR count). The maximum absolute atomic E-state index is 12.0. The molecular weight excluding hydrogens is 374 g/mol. The van der Waals surface area contributed by atoms with Crippen LogP contribution in [-0.2, 0) is 5.60 Å². The van der Waals surface area contributed by atoms with Crippen LogP contribution in [0.5, 0.6) is 0 Å². The number of rotatable bonds is 9. The van der Waals surface area contributed by atoms with Crippen LogP contribution in [0, 0.1) is 5.92 Å². The molecule has 152 valence electrons. The van der Waals surface area contributed by atoms with Crippen molar-refractivity contribution in [1.82, 2.24) is 4.90 Å². The van der Waals surface area contributed by atoms with Crippen molar-refractivity contribution in [3.05, 3.63) is 96.1 Å². The molecule has 0 heterocycles. The van der Waals surface area contributed by atoms with Crippen LogP contribution in [0.1, 0.15) is 31.9 Å². The van der Waals surface area contributed by atoms with Gasteiger partial charge in [-0.1, -0.05) is 93.2 Å². The fourth-order valence-corrected chi connectivity index (χ4v) is 4.67. The first kappa shape index (κ1) is 21.6. The maximum atomic E-state index is 12.0. The Morgan fingerprint density at radius 3 is 1.79 bits per heavy atom. The molecule has 1 N–H and O–H groups in total. The van der Waals surface area contributed by atoms with Gasteiger partial charge in [-0.2, -0.15) is 0 Å². The second-order valence-corrected chi connectivity index (χ2v) is 8.61. The molecule has 0 aliphatic rings. The van der Waals surface area contributed by atoms with Gasteiger partial charge in [0, 0.05) is 22.3 Å². The fourth-order valence-electron chi connectivity index (χ4n) is 3.83. The molecule has 0 bridgehead atoms. The highest BCUT2D eigenvalue weighted by atomic mass is 32.2. The number of hydrogen-bond acceptors (Lipinski definition) is 3. The van der Waals surface area contributed by atoms with Gasteiger partial charge in [0.1, 0.15) is 5.60 Å². The van der Waals surface area contributed by atoms with Crippen LogP contribution in [0.2, 0.25) is 0 Å². The van der Waals surface area contributed by atoms with Gasteiger partial charge >= 0.3 is 0 Å². The van der Waals surface area contributed by atoms with Crippen molar-refractivity contribution in [3.8, 4) is 0 Å². The average Bonchev–Trinajstić information content (AvgIpc) is 2.78. The van der Waals surface area contributed by atoms with Crippen LogP contribution in [0.4, 0.5) is 0 Å². The van der Waals surface area contributed by atoms with Crippen LogP contribution in [0.25, 0.3) is 0 Å². The highest BCUT2D eigenvalue weighted by Gasteiger charge is 2.38. The lowest BCUT2D eigenvalue weighted by atomic mass is 9.76. The zero-order valence-corrected chi connectivity index (χ0v) is 18.4. The van der Waals surface area contributed by atoms with E-state index in [4.69, 9.17) is 0 Å². The monoisotopic (exact) mass is 405 g/mol. The summed E-state index contributed by atoms with van der Waals surface area (Å²) < 4.78 is 0. The Bertz CT molecular complexity index is 862. The standard InChI is InChI=1S/C26H31NOS/c1-4-27(5-2)20-21(3)26(28,22-12-8-6-9-13-22)23-16-18-25(19-17-23)29-24-14-10-7-11-15-24/h6-19,21,28H,4-5,20H2,1-3H3. The number of hydrogen-bond donors (Lipinski definition) is 1.